The maximum Gasteiger partial charge on any atom is 0.348 e. The van der Waals surface area contributed by atoms with Crippen molar-refractivity contribution in [3.63, 3.8) is 0 Å². The van der Waals surface area contributed by atoms with Crippen LogP contribution in [0.5, 0.6) is 11.6 Å². The molecule has 8 nitrogen and oxygen atoms in total. The monoisotopic (exact) mass is 345 g/mol. The molecule has 0 radical (unpaired) electrons. The predicted molar refractivity (Wildman–Crippen MR) is 86.7 cm³/mol. The van der Waals surface area contributed by atoms with Gasteiger partial charge in [-0.15, -0.1) is 11.3 Å². The van der Waals surface area contributed by atoms with E-state index in [1.807, 2.05) is 0 Å². The van der Waals surface area contributed by atoms with Crippen LogP contribution < -0.4 is 4.74 Å². The summed E-state index contributed by atoms with van der Waals surface area (Å²) in [5.74, 6) is 0.0376. The van der Waals surface area contributed by atoms with E-state index in [2.05, 4.69) is 9.97 Å². The number of esters is 1. The Morgan fingerprint density at radius 1 is 1.33 bits per heavy atom. The molecule has 1 aromatic carbocycles. The van der Waals surface area contributed by atoms with Crippen LogP contribution in [0.2, 0.25) is 0 Å². The van der Waals surface area contributed by atoms with Gasteiger partial charge in [-0.25, -0.2) is 14.8 Å². The number of rotatable bonds is 4. The summed E-state index contributed by atoms with van der Waals surface area (Å²) in [6, 6.07) is 5.78. The number of nitrogens with zero attached hydrogens (tertiary/aromatic N) is 3. The van der Waals surface area contributed by atoms with Crippen LogP contribution in [0.4, 0.5) is 5.69 Å². The molecular formula is C15H11N3O5S. The maximum absolute atomic E-state index is 11.8. The molecule has 0 saturated carbocycles. The van der Waals surface area contributed by atoms with Crippen molar-refractivity contribution in [1.82, 2.24) is 9.97 Å². The van der Waals surface area contributed by atoms with Crippen LogP contribution in [0.15, 0.2) is 30.6 Å². The fourth-order valence-corrected chi connectivity index (χ4v) is 3.23. The van der Waals surface area contributed by atoms with Gasteiger partial charge in [-0.1, -0.05) is 6.07 Å². The number of aromatic nitrogens is 2. The van der Waals surface area contributed by atoms with Gasteiger partial charge in [-0.3, -0.25) is 10.1 Å². The second kappa shape index (κ2) is 6.20. The molecule has 0 fully saturated rings. The Bertz CT molecular complexity index is 953. The van der Waals surface area contributed by atoms with Gasteiger partial charge in [-0.05, 0) is 18.6 Å². The fourth-order valence-electron chi connectivity index (χ4n) is 2.18. The highest BCUT2D eigenvalue weighted by Crippen LogP contribution is 2.36. The number of carbonyl (C=O) groups is 1. The third-order valence-corrected chi connectivity index (χ3v) is 4.49. The molecule has 2 aromatic heterocycles. The van der Waals surface area contributed by atoms with Crippen LogP contribution in [0.25, 0.3) is 10.2 Å². The number of carbonyl (C=O) groups excluding carboxylic acids is 1. The van der Waals surface area contributed by atoms with Crippen molar-refractivity contribution in [3.05, 3.63) is 51.1 Å². The summed E-state index contributed by atoms with van der Waals surface area (Å²) >= 11 is 1.18. The SMILES string of the molecule is COC(=O)c1sc2ncnc(Oc3cccc([N+](=O)[O-])c3)c2c1C. The molecule has 0 saturated heterocycles. The van der Waals surface area contributed by atoms with Crippen LogP contribution in [0.1, 0.15) is 15.2 Å². The van der Waals surface area contributed by atoms with Crippen molar-refractivity contribution in [2.75, 3.05) is 7.11 Å². The van der Waals surface area contributed by atoms with E-state index >= 15 is 0 Å². The summed E-state index contributed by atoms with van der Waals surface area (Å²) in [6.07, 6.45) is 1.31. The molecule has 0 atom stereocenters. The number of methoxy groups -OCH3 is 1. The highest BCUT2D eigenvalue weighted by Gasteiger charge is 2.21. The zero-order chi connectivity index (χ0) is 17.3. The van der Waals surface area contributed by atoms with Crippen LogP contribution in [0.3, 0.4) is 0 Å². The summed E-state index contributed by atoms with van der Waals surface area (Å²) < 4.78 is 10.4. The van der Waals surface area contributed by atoms with Gasteiger partial charge in [0.25, 0.3) is 5.69 Å². The number of hydrogen-bond donors (Lipinski definition) is 0. The molecular weight excluding hydrogens is 334 g/mol. The minimum atomic E-state index is -0.506. The molecule has 0 amide bonds. The van der Waals surface area contributed by atoms with E-state index in [-0.39, 0.29) is 17.3 Å². The highest BCUT2D eigenvalue weighted by molar-refractivity contribution is 7.20. The molecule has 0 aliphatic rings. The van der Waals surface area contributed by atoms with Crippen molar-refractivity contribution in [3.8, 4) is 11.6 Å². The zero-order valence-electron chi connectivity index (χ0n) is 12.7. The third-order valence-electron chi connectivity index (χ3n) is 3.31. The maximum atomic E-state index is 11.8. The highest BCUT2D eigenvalue weighted by atomic mass is 32.1. The summed E-state index contributed by atoms with van der Waals surface area (Å²) in [7, 11) is 1.30. The quantitative estimate of drug-likeness (QED) is 0.405. The normalized spacial score (nSPS) is 10.6. The van der Waals surface area contributed by atoms with Crippen molar-refractivity contribution < 1.29 is 19.2 Å². The molecule has 0 aliphatic carbocycles. The fraction of sp³-hybridized carbons (Fsp3) is 0.133. The number of non-ortho nitro benzene ring substituents is 1. The largest absolute Gasteiger partial charge is 0.465 e. The Kier molecular flexibility index (Phi) is 4.09. The molecule has 122 valence electrons. The molecule has 0 bridgehead atoms. The second-order valence-electron chi connectivity index (χ2n) is 4.76. The first-order valence-corrected chi connectivity index (χ1v) is 7.57. The van der Waals surface area contributed by atoms with Crippen molar-refractivity contribution in [2.24, 2.45) is 0 Å². The lowest BCUT2D eigenvalue weighted by atomic mass is 10.2. The van der Waals surface area contributed by atoms with Gasteiger partial charge in [0.05, 0.1) is 23.5 Å². The Morgan fingerprint density at radius 2 is 2.12 bits per heavy atom. The number of aryl methyl sites for hydroxylation is 1. The zero-order valence-corrected chi connectivity index (χ0v) is 13.5. The first-order valence-electron chi connectivity index (χ1n) is 6.76. The average molecular weight is 345 g/mol. The molecule has 0 spiro atoms. The van der Waals surface area contributed by atoms with Gasteiger partial charge in [0.15, 0.2) is 0 Å². The Hall–Kier alpha value is -3.07. The second-order valence-corrected chi connectivity index (χ2v) is 5.76. The van der Waals surface area contributed by atoms with E-state index in [4.69, 9.17) is 9.47 Å². The van der Waals surface area contributed by atoms with E-state index in [1.54, 1.807) is 13.0 Å². The van der Waals surface area contributed by atoms with Gasteiger partial charge < -0.3 is 9.47 Å². The van der Waals surface area contributed by atoms with E-state index in [9.17, 15) is 14.9 Å². The lowest BCUT2D eigenvalue weighted by molar-refractivity contribution is -0.384. The molecule has 9 heteroatoms. The molecule has 24 heavy (non-hydrogen) atoms. The number of ether oxygens (including phenoxy) is 2. The summed E-state index contributed by atoms with van der Waals surface area (Å²) in [5, 5.41) is 11.4. The molecule has 0 aliphatic heterocycles. The van der Waals surface area contributed by atoms with Crippen LogP contribution in [-0.4, -0.2) is 28.0 Å². The van der Waals surface area contributed by atoms with Crippen LogP contribution >= 0.6 is 11.3 Å². The Balaban J connectivity index is 2.07. The Labute approximate surface area is 139 Å². The lowest BCUT2D eigenvalue weighted by Gasteiger charge is -2.06. The van der Waals surface area contributed by atoms with Crippen LogP contribution in [-0.2, 0) is 4.74 Å². The molecule has 0 unspecified atom stereocenters. The van der Waals surface area contributed by atoms with Gasteiger partial charge in [0.1, 0.15) is 21.8 Å². The Morgan fingerprint density at radius 3 is 2.83 bits per heavy atom. The molecule has 0 N–H and O–H groups in total. The molecule has 3 rings (SSSR count). The minimum absolute atomic E-state index is 0.0879. The van der Waals surface area contributed by atoms with E-state index < -0.39 is 10.9 Å². The average Bonchev–Trinajstić information content (AvgIpc) is 2.92. The van der Waals surface area contributed by atoms with E-state index in [0.717, 1.165) is 0 Å². The number of thiophene rings is 1. The van der Waals surface area contributed by atoms with Crippen molar-refractivity contribution >= 4 is 33.2 Å². The lowest BCUT2D eigenvalue weighted by Crippen LogP contribution is -1.99. The number of nitro benzene ring substituents is 1. The number of fused-ring (bicyclic) bond motifs is 1. The van der Waals surface area contributed by atoms with Gasteiger partial charge in [0.2, 0.25) is 5.88 Å². The number of nitro groups is 1. The summed E-state index contributed by atoms with van der Waals surface area (Å²) in [4.78, 5) is 31.4. The number of hydrogen-bond acceptors (Lipinski definition) is 8. The topological polar surface area (TPSA) is 104 Å². The van der Waals surface area contributed by atoms with E-state index in [1.165, 1.54) is 43.0 Å². The minimum Gasteiger partial charge on any atom is -0.465 e. The van der Waals surface area contributed by atoms with Crippen molar-refractivity contribution in [2.45, 2.75) is 6.92 Å². The molecule has 3 aromatic rings. The molecule has 2 heterocycles. The van der Waals surface area contributed by atoms with Gasteiger partial charge in [0, 0.05) is 6.07 Å². The number of benzene rings is 1. The first kappa shape index (κ1) is 15.8. The summed E-state index contributed by atoms with van der Waals surface area (Å²) in [5.41, 5.74) is 0.554. The predicted octanol–water partition coefficient (Wildman–Crippen LogP) is 3.49. The van der Waals surface area contributed by atoms with E-state index in [0.29, 0.717) is 20.7 Å². The third kappa shape index (κ3) is 2.76. The van der Waals surface area contributed by atoms with Gasteiger partial charge >= 0.3 is 5.97 Å². The van der Waals surface area contributed by atoms with Crippen molar-refractivity contribution in [1.29, 1.82) is 0 Å². The van der Waals surface area contributed by atoms with Crippen LogP contribution in [0, 0.1) is 17.0 Å². The summed E-state index contributed by atoms with van der Waals surface area (Å²) in [6.45, 7) is 1.74. The smallest absolute Gasteiger partial charge is 0.348 e. The van der Waals surface area contributed by atoms with Gasteiger partial charge in [-0.2, -0.15) is 0 Å². The standard InChI is InChI=1S/C15H11N3O5S/c1-8-11-13(23-10-5-3-4-9(6-10)18(20)21)16-7-17-14(11)24-12(8)15(19)22-2/h3-7H,1-2H3. The first-order chi connectivity index (χ1) is 11.5.